The monoisotopic (exact) mass is 227 g/mol. The number of aliphatic hydroxyl groups is 1. The lowest BCUT2D eigenvalue weighted by molar-refractivity contribution is -0.00121. The SMILES string of the molecule is CC(C)(C)OC(=O)N1[C@H](CO)CC[C@@H]2C[C@@H]21. The number of likely N-dealkylation sites (tertiary alicyclic amines) is 1. The average molecular weight is 227 g/mol. The molecule has 1 heterocycles. The van der Waals surface area contributed by atoms with E-state index in [2.05, 4.69) is 0 Å². The number of nitrogens with zero attached hydrogens (tertiary/aromatic N) is 1. The van der Waals surface area contributed by atoms with Crippen LogP contribution < -0.4 is 0 Å². The molecule has 1 aliphatic heterocycles. The molecule has 0 aromatic heterocycles. The summed E-state index contributed by atoms with van der Waals surface area (Å²) in [6.45, 7) is 5.65. The first-order chi connectivity index (χ1) is 7.42. The van der Waals surface area contributed by atoms with Gasteiger partial charge in [-0.15, -0.1) is 0 Å². The maximum atomic E-state index is 12.0. The Kier molecular flexibility index (Phi) is 2.86. The van der Waals surface area contributed by atoms with Crippen LogP contribution in [0.1, 0.15) is 40.0 Å². The van der Waals surface area contributed by atoms with Crippen LogP contribution in [0.25, 0.3) is 0 Å². The first kappa shape index (κ1) is 11.7. The third kappa shape index (κ3) is 2.32. The van der Waals surface area contributed by atoms with E-state index < -0.39 is 5.60 Å². The van der Waals surface area contributed by atoms with Crippen LogP contribution in [0.4, 0.5) is 4.79 Å². The Hall–Kier alpha value is -0.770. The van der Waals surface area contributed by atoms with Gasteiger partial charge in [-0.05, 0) is 46.0 Å². The van der Waals surface area contributed by atoms with Gasteiger partial charge in [-0.2, -0.15) is 0 Å². The summed E-state index contributed by atoms with van der Waals surface area (Å²) in [5.41, 5.74) is -0.459. The fourth-order valence-electron chi connectivity index (χ4n) is 2.48. The molecule has 2 fully saturated rings. The van der Waals surface area contributed by atoms with Crippen molar-refractivity contribution in [2.24, 2.45) is 5.92 Å². The van der Waals surface area contributed by atoms with E-state index in [1.54, 1.807) is 4.90 Å². The van der Waals surface area contributed by atoms with Crippen molar-refractivity contribution in [1.82, 2.24) is 4.90 Å². The van der Waals surface area contributed by atoms with Crippen LogP contribution in [-0.2, 0) is 4.74 Å². The predicted octanol–water partition coefficient (Wildman–Crippen LogP) is 1.77. The standard InChI is InChI=1S/C12H21NO3/c1-12(2,3)16-11(15)13-9(7-14)5-4-8-6-10(8)13/h8-10,14H,4-7H2,1-3H3/t8-,9+,10+/m1/s1. The number of carbonyl (C=O) groups excluding carboxylic acids is 1. The Morgan fingerprint density at radius 3 is 2.69 bits per heavy atom. The first-order valence-electron chi connectivity index (χ1n) is 6.04. The number of ether oxygens (including phenoxy) is 1. The van der Waals surface area contributed by atoms with Gasteiger partial charge in [-0.1, -0.05) is 0 Å². The molecule has 0 aromatic rings. The van der Waals surface area contributed by atoms with Crippen molar-refractivity contribution < 1.29 is 14.6 Å². The third-order valence-electron chi connectivity index (χ3n) is 3.32. The molecular weight excluding hydrogens is 206 g/mol. The van der Waals surface area contributed by atoms with Gasteiger partial charge >= 0.3 is 6.09 Å². The highest BCUT2D eigenvalue weighted by atomic mass is 16.6. The molecule has 4 nitrogen and oxygen atoms in total. The van der Waals surface area contributed by atoms with Crippen LogP contribution >= 0.6 is 0 Å². The zero-order valence-electron chi connectivity index (χ0n) is 10.3. The van der Waals surface area contributed by atoms with E-state index in [4.69, 9.17) is 4.74 Å². The molecule has 16 heavy (non-hydrogen) atoms. The average Bonchev–Trinajstić information content (AvgIpc) is 2.91. The highest BCUT2D eigenvalue weighted by molar-refractivity contribution is 5.70. The summed E-state index contributed by atoms with van der Waals surface area (Å²) in [5.74, 6) is 0.648. The van der Waals surface area contributed by atoms with Crippen LogP contribution in [0.2, 0.25) is 0 Å². The maximum Gasteiger partial charge on any atom is 0.410 e. The van der Waals surface area contributed by atoms with Crippen molar-refractivity contribution >= 4 is 6.09 Å². The molecule has 1 N–H and O–H groups in total. The Labute approximate surface area is 96.6 Å². The van der Waals surface area contributed by atoms with Crippen LogP contribution in [0.5, 0.6) is 0 Å². The fourth-order valence-corrected chi connectivity index (χ4v) is 2.48. The van der Waals surface area contributed by atoms with E-state index in [-0.39, 0.29) is 18.7 Å². The number of aliphatic hydroxyl groups excluding tert-OH is 1. The molecule has 4 heteroatoms. The van der Waals surface area contributed by atoms with E-state index in [9.17, 15) is 9.90 Å². The maximum absolute atomic E-state index is 12.0. The molecule has 0 spiro atoms. The highest BCUT2D eigenvalue weighted by Gasteiger charge is 2.50. The Morgan fingerprint density at radius 1 is 1.44 bits per heavy atom. The second-order valence-electron chi connectivity index (χ2n) is 5.86. The molecule has 1 aliphatic carbocycles. The normalized spacial score (nSPS) is 33.2. The van der Waals surface area contributed by atoms with Gasteiger partial charge in [0.15, 0.2) is 0 Å². The third-order valence-corrected chi connectivity index (χ3v) is 3.32. The van der Waals surface area contributed by atoms with Gasteiger partial charge in [-0.25, -0.2) is 4.79 Å². The zero-order valence-corrected chi connectivity index (χ0v) is 10.3. The second kappa shape index (κ2) is 3.91. The second-order valence-corrected chi connectivity index (χ2v) is 5.86. The van der Waals surface area contributed by atoms with Crippen molar-refractivity contribution in [3.63, 3.8) is 0 Å². The Bertz CT molecular complexity index is 284. The minimum atomic E-state index is -0.459. The topological polar surface area (TPSA) is 49.8 Å². The van der Waals surface area contributed by atoms with Crippen LogP contribution in [0.3, 0.4) is 0 Å². The largest absolute Gasteiger partial charge is 0.444 e. The minimum absolute atomic E-state index is 0.0430. The van der Waals surface area contributed by atoms with Crippen LogP contribution in [0.15, 0.2) is 0 Å². The number of carbonyl (C=O) groups is 1. The summed E-state index contributed by atoms with van der Waals surface area (Å²) in [6.07, 6.45) is 2.85. The molecule has 0 radical (unpaired) electrons. The lowest BCUT2D eigenvalue weighted by Crippen LogP contribution is -2.48. The zero-order chi connectivity index (χ0) is 11.9. The van der Waals surface area contributed by atoms with E-state index in [0.717, 1.165) is 19.3 Å². The molecule has 2 rings (SSSR count). The van der Waals surface area contributed by atoms with E-state index in [1.165, 1.54) is 0 Å². The Morgan fingerprint density at radius 2 is 2.12 bits per heavy atom. The lowest BCUT2D eigenvalue weighted by Gasteiger charge is -2.35. The molecule has 1 amide bonds. The molecule has 0 unspecified atom stereocenters. The van der Waals surface area contributed by atoms with Crippen LogP contribution in [-0.4, -0.2) is 40.4 Å². The minimum Gasteiger partial charge on any atom is -0.444 e. The van der Waals surface area contributed by atoms with Crippen molar-refractivity contribution in [2.75, 3.05) is 6.61 Å². The summed E-state index contributed by atoms with van der Waals surface area (Å²) < 4.78 is 5.38. The Balaban J connectivity index is 2.02. The molecule has 1 saturated carbocycles. The van der Waals surface area contributed by atoms with Crippen molar-refractivity contribution in [3.8, 4) is 0 Å². The van der Waals surface area contributed by atoms with E-state index in [1.807, 2.05) is 20.8 Å². The molecule has 92 valence electrons. The van der Waals surface area contributed by atoms with Gasteiger partial charge in [0.2, 0.25) is 0 Å². The quantitative estimate of drug-likeness (QED) is 0.742. The van der Waals surface area contributed by atoms with Crippen LogP contribution in [0, 0.1) is 5.92 Å². The van der Waals surface area contributed by atoms with E-state index in [0.29, 0.717) is 12.0 Å². The number of amides is 1. The van der Waals surface area contributed by atoms with Gasteiger partial charge in [-0.3, -0.25) is 4.90 Å². The number of piperidine rings is 1. The fraction of sp³-hybridized carbons (Fsp3) is 0.917. The van der Waals surface area contributed by atoms with Crippen molar-refractivity contribution in [1.29, 1.82) is 0 Å². The van der Waals surface area contributed by atoms with Crippen molar-refractivity contribution in [2.45, 2.75) is 57.7 Å². The van der Waals surface area contributed by atoms with Gasteiger partial charge in [0, 0.05) is 6.04 Å². The van der Waals surface area contributed by atoms with Gasteiger partial charge in [0.1, 0.15) is 5.60 Å². The first-order valence-corrected chi connectivity index (χ1v) is 6.04. The highest BCUT2D eigenvalue weighted by Crippen LogP contribution is 2.45. The lowest BCUT2D eigenvalue weighted by atomic mass is 10.0. The van der Waals surface area contributed by atoms with Gasteiger partial charge in [0.25, 0.3) is 0 Å². The molecule has 3 atom stereocenters. The number of fused-ring (bicyclic) bond motifs is 1. The molecule has 1 saturated heterocycles. The molecule has 0 aromatic carbocycles. The summed E-state index contributed by atoms with van der Waals surface area (Å²) in [5, 5.41) is 9.30. The van der Waals surface area contributed by atoms with Gasteiger partial charge in [0.05, 0.1) is 12.6 Å². The van der Waals surface area contributed by atoms with Gasteiger partial charge < -0.3 is 9.84 Å². The number of rotatable bonds is 1. The summed E-state index contributed by atoms with van der Waals surface area (Å²) in [6, 6.07) is 0.277. The van der Waals surface area contributed by atoms with Crippen molar-refractivity contribution in [3.05, 3.63) is 0 Å². The smallest absolute Gasteiger partial charge is 0.410 e. The summed E-state index contributed by atoms with van der Waals surface area (Å²) >= 11 is 0. The molecule has 0 bridgehead atoms. The molecule has 2 aliphatic rings. The molecular formula is C12H21NO3. The predicted molar refractivity (Wildman–Crippen MR) is 60.1 cm³/mol. The number of hydrogen-bond acceptors (Lipinski definition) is 3. The summed E-state index contributed by atoms with van der Waals surface area (Å²) in [4.78, 5) is 13.8. The number of hydrogen-bond donors (Lipinski definition) is 1. The van der Waals surface area contributed by atoms with E-state index >= 15 is 0 Å². The summed E-state index contributed by atoms with van der Waals surface area (Å²) in [7, 11) is 0.